The molecule has 0 unspecified atom stereocenters. The maximum atomic E-state index is 12.6. The van der Waals surface area contributed by atoms with Crippen LogP contribution < -0.4 is 10.2 Å². The largest absolute Gasteiger partial charge is 0.508 e. The molecule has 0 atom stereocenters. The van der Waals surface area contributed by atoms with Gasteiger partial charge in [0.25, 0.3) is 5.91 Å². The van der Waals surface area contributed by atoms with Crippen LogP contribution in [0.25, 0.3) is 11.3 Å². The molecule has 1 heterocycles. The summed E-state index contributed by atoms with van der Waals surface area (Å²) in [4.78, 5) is 14.5. The number of amides is 1. The zero-order valence-electron chi connectivity index (χ0n) is 15.4. The number of phenols is 2. The predicted molar refractivity (Wildman–Crippen MR) is 105 cm³/mol. The molecule has 0 aliphatic heterocycles. The standard InChI is InChI=1S/C20H22N4O3/c1-4-12-9-15(18(26)10-17(12)25)19-16(11-21-23-19)22-20(27)13-5-7-14(8-6-13)24(2)3/h5-11,25-26H,4H2,1-3H3,(H,21,23)(H,22,27). The molecule has 0 spiro atoms. The lowest BCUT2D eigenvalue weighted by molar-refractivity contribution is 0.102. The lowest BCUT2D eigenvalue weighted by Crippen LogP contribution is -2.13. The van der Waals surface area contributed by atoms with E-state index in [2.05, 4.69) is 15.5 Å². The second-order valence-electron chi connectivity index (χ2n) is 6.41. The Labute approximate surface area is 157 Å². The Morgan fingerprint density at radius 2 is 1.85 bits per heavy atom. The number of nitrogens with zero attached hydrogens (tertiary/aromatic N) is 2. The Hall–Kier alpha value is -3.48. The summed E-state index contributed by atoms with van der Waals surface area (Å²) in [6.07, 6.45) is 2.09. The van der Waals surface area contributed by atoms with Gasteiger partial charge in [-0.1, -0.05) is 6.92 Å². The van der Waals surface area contributed by atoms with E-state index in [1.54, 1.807) is 18.2 Å². The van der Waals surface area contributed by atoms with Gasteiger partial charge in [-0.2, -0.15) is 5.10 Å². The van der Waals surface area contributed by atoms with Crippen molar-refractivity contribution in [1.29, 1.82) is 0 Å². The van der Waals surface area contributed by atoms with Crippen LogP contribution in [-0.4, -0.2) is 40.4 Å². The fourth-order valence-electron chi connectivity index (χ4n) is 2.80. The quantitative estimate of drug-likeness (QED) is 0.555. The molecule has 27 heavy (non-hydrogen) atoms. The molecule has 0 saturated carbocycles. The highest BCUT2D eigenvalue weighted by Gasteiger charge is 2.17. The second kappa shape index (κ2) is 7.41. The van der Waals surface area contributed by atoms with Crippen LogP contribution in [0.1, 0.15) is 22.8 Å². The van der Waals surface area contributed by atoms with E-state index >= 15 is 0 Å². The van der Waals surface area contributed by atoms with Gasteiger partial charge in [0.2, 0.25) is 0 Å². The molecule has 4 N–H and O–H groups in total. The van der Waals surface area contributed by atoms with E-state index in [0.717, 1.165) is 5.69 Å². The number of aromatic hydroxyl groups is 2. The number of anilines is 2. The monoisotopic (exact) mass is 366 g/mol. The van der Waals surface area contributed by atoms with Crippen LogP contribution in [0.15, 0.2) is 42.6 Å². The maximum Gasteiger partial charge on any atom is 0.255 e. The van der Waals surface area contributed by atoms with Crippen LogP contribution in [0.2, 0.25) is 0 Å². The van der Waals surface area contributed by atoms with E-state index < -0.39 is 0 Å². The number of aromatic nitrogens is 2. The number of aromatic amines is 1. The zero-order chi connectivity index (χ0) is 19.6. The minimum atomic E-state index is -0.281. The van der Waals surface area contributed by atoms with E-state index in [-0.39, 0.29) is 17.4 Å². The number of hydrogen-bond acceptors (Lipinski definition) is 5. The number of H-pyrrole nitrogens is 1. The van der Waals surface area contributed by atoms with Gasteiger partial charge in [-0.15, -0.1) is 0 Å². The first-order valence-corrected chi connectivity index (χ1v) is 8.58. The number of carbonyl (C=O) groups excluding carboxylic acids is 1. The summed E-state index contributed by atoms with van der Waals surface area (Å²) in [5.41, 5.74) is 3.57. The third-order valence-corrected chi connectivity index (χ3v) is 4.38. The minimum absolute atomic E-state index is 0.0323. The highest BCUT2D eigenvalue weighted by atomic mass is 16.3. The molecule has 0 aliphatic carbocycles. The summed E-state index contributed by atoms with van der Waals surface area (Å²) < 4.78 is 0. The number of aryl methyl sites for hydroxylation is 1. The van der Waals surface area contributed by atoms with Crippen molar-refractivity contribution in [2.75, 3.05) is 24.3 Å². The molecule has 1 amide bonds. The summed E-state index contributed by atoms with van der Waals surface area (Å²) >= 11 is 0. The van der Waals surface area contributed by atoms with Crippen molar-refractivity contribution in [3.05, 3.63) is 53.7 Å². The summed E-state index contributed by atoms with van der Waals surface area (Å²) in [6, 6.07) is 10.2. The smallest absolute Gasteiger partial charge is 0.255 e. The van der Waals surface area contributed by atoms with Crippen LogP contribution >= 0.6 is 0 Å². The van der Waals surface area contributed by atoms with Crippen molar-refractivity contribution in [2.45, 2.75) is 13.3 Å². The van der Waals surface area contributed by atoms with Crippen LogP contribution in [0.4, 0.5) is 11.4 Å². The lowest BCUT2D eigenvalue weighted by Gasteiger charge is -2.13. The first-order valence-electron chi connectivity index (χ1n) is 8.58. The molecule has 0 saturated heterocycles. The van der Waals surface area contributed by atoms with E-state index in [4.69, 9.17) is 0 Å². The van der Waals surface area contributed by atoms with Crippen LogP contribution in [0, 0.1) is 0 Å². The molecule has 7 nitrogen and oxygen atoms in total. The molecule has 3 aromatic rings. The van der Waals surface area contributed by atoms with E-state index in [1.807, 2.05) is 38.1 Å². The van der Waals surface area contributed by atoms with Gasteiger partial charge in [-0.25, -0.2) is 0 Å². The first kappa shape index (κ1) is 18.3. The Balaban J connectivity index is 1.88. The zero-order valence-corrected chi connectivity index (χ0v) is 15.4. The number of benzene rings is 2. The topological polar surface area (TPSA) is 101 Å². The van der Waals surface area contributed by atoms with Crippen molar-refractivity contribution < 1.29 is 15.0 Å². The molecule has 2 aromatic carbocycles. The number of nitrogens with one attached hydrogen (secondary N) is 2. The van der Waals surface area contributed by atoms with Gasteiger partial charge >= 0.3 is 0 Å². The van der Waals surface area contributed by atoms with Crippen molar-refractivity contribution in [3.63, 3.8) is 0 Å². The first-order chi connectivity index (χ1) is 12.9. The molecular formula is C20H22N4O3. The third-order valence-electron chi connectivity index (χ3n) is 4.38. The Kier molecular flexibility index (Phi) is 5.03. The van der Waals surface area contributed by atoms with Crippen molar-refractivity contribution in [3.8, 4) is 22.8 Å². The number of hydrogen-bond donors (Lipinski definition) is 4. The van der Waals surface area contributed by atoms with E-state index in [9.17, 15) is 15.0 Å². The maximum absolute atomic E-state index is 12.6. The molecule has 0 fully saturated rings. The second-order valence-corrected chi connectivity index (χ2v) is 6.41. The highest BCUT2D eigenvalue weighted by molar-refractivity contribution is 6.06. The summed E-state index contributed by atoms with van der Waals surface area (Å²) in [6.45, 7) is 1.91. The molecule has 0 aliphatic rings. The number of carbonyl (C=O) groups is 1. The van der Waals surface area contributed by atoms with Crippen molar-refractivity contribution >= 4 is 17.3 Å². The van der Waals surface area contributed by atoms with E-state index in [0.29, 0.717) is 34.5 Å². The van der Waals surface area contributed by atoms with Gasteiger partial charge < -0.3 is 20.4 Å². The van der Waals surface area contributed by atoms with Crippen LogP contribution in [0.3, 0.4) is 0 Å². The number of rotatable bonds is 5. The summed E-state index contributed by atoms with van der Waals surface area (Å²) in [5.74, 6) is -0.346. The van der Waals surface area contributed by atoms with Gasteiger partial charge in [0.15, 0.2) is 0 Å². The molecular weight excluding hydrogens is 344 g/mol. The van der Waals surface area contributed by atoms with Crippen molar-refractivity contribution in [1.82, 2.24) is 10.2 Å². The van der Waals surface area contributed by atoms with Gasteiger partial charge in [0.1, 0.15) is 11.5 Å². The normalized spacial score (nSPS) is 10.6. The molecule has 3 rings (SSSR count). The predicted octanol–water partition coefficient (Wildman–Crippen LogP) is 3.37. The Morgan fingerprint density at radius 1 is 1.15 bits per heavy atom. The molecule has 0 bridgehead atoms. The van der Waals surface area contributed by atoms with Gasteiger partial charge in [0.05, 0.1) is 17.6 Å². The summed E-state index contributed by atoms with van der Waals surface area (Å²) in [7, 11) is 3.86. The van der Waals surface area contributed by atoms with Gasteiger partial charge in [-0.3, -0.25) is 9.89 Å². The van der Waals surface area contributed by atoms with Crippen LogP contribution in [0.5, 0.6) is 11.5 Å². The number of phenolic OH excluding ortho intramolecular Hbond substituents is 2. The SMILES string of the molecule is CCc1cc(-c2[nH]ncc2NC(=O)c2ccc(N(C)C)cc2)c(O)cc1O. The van der Waals surface area contributed by atoms with Crippen molar-refractivity contribution in [2.24, 2.45) is 0 Å². The minimum Gasteiger partial charge on any atom is -0.508 e. The van der Waals surface area contributed by atoms with Gasteiger partial charge in [0, 0.05) is 37.0 Å². The average Bonchev–Trinajstić information content (AvgIpc) is 3.09. The average molecular weight is 366 g/mol. The van der Waals surface area contributed by atoms with E-state index in [1.165, 1.54) is 12.3 Å². The Morgan fingerprint density at radius 3 is 2.48 bits per heavy atom. The van der Waals surface area contributed by atoms with Gasteiger partial charge in [-0.05, 0) is 42.3 Å². The fraction of sp³-hybridized carbons (Fsp3) is 0.200. The molecule has 7 heteroatoms. The molecule has 1 aromatic heterocycles. The third kappa shape index (κ3) is 3.72. The summed E-state index contributed by atoms with van der Waals surface area (Å²) in [5, 5.41) is 29.7. The fourth-order valence-corrected chi connectivity index (χ4v) is 2.80. The lowest BCUT2D eigenvalue weighted by atomic mass is 10.0. The highest BCUT2D eigenvalue weighted by Crippen LogP contribution is 2.37. The molecule has 0 radical (unpaired) electrons. The van der Waals surface area contributed by atoms with Crippen LogP contribution in [-0.2, 0) is 6.42 Å². The molecule has 140 valence electrons. The Bertz CT molecular complexity index is 962.